The van der Waals surface area contributed by atoms with Gasteiger partial charge in [-0.3, -0.25) is 9.59 Å². The van der Waals surface area contributed by atoms with Gasteiger partial charge in [-0.25, -0.2) is 0 Å². The smallest absolute Gasteiger partial charge is 0.229 e. The topological polar surface area (TPSA) is 58.6 Å². The van der Waals surface area contributed by atoms with Crippen LogP contribution in [-0.4, -0.2) is 24.5 Å². The van der Waals surface area contributed by atoms with Crippen molar-refractivity contribution in [3.05, 3.63) is 52.1 Å². The molecule has 0 bridgehead atoms. The Bertz CT molecular complexity index is 805. The fraction of sp³-hybridized carbons (Fsp3) is 0.300. The van der Waals surface area contributed by atoms with Crippen LogP contribution in [0.25, 0.3) is 0 Å². The number of carbonyl (C=O) groups is 2. The van der Waals surface area contributed by atoms with E-state index < -0.39 is 0 Å². The lowest BCUT2D eigenvalue weighted by Crippen LogP contribution is -2.28. The van der Waals surface area contributed by atoms with Gasteiger partial charge >= 0.3 is 0 Å². The monoisotopic (exact) mass is 464 g/mol. The first-order valence-corrected chi connectivity index (χ1v) is 9.64. The van der Waals surface area contributed by atoms with Crippen LogP contribution in [-0.2, 0) is 9.59 Å². The van der Waals surface area contributed by atoms with Gasteiger partial charge in [-0.15, -0.1) is 0 Å². The van der Waals surface area contributed by atoms with E-state index in [0.717, 1.165) is 20.7 Å². The number of halogens is 1. The van der Waals surface area contributed by atoms with Gasteiger partial charge in [0.2, 0.25) is 11.8 Å². The lowest BCUT2D eigenvalue weighted by Gasteiger charge is -2.18. The van der Waals surface area contributed by atoms with Crippen LogP contribution in [0.2, 0.25) is 0 Å². The summed E-state index contributed by atoms with van der Waals surface area (Å²) in [7, 11) is 0. The van der Waals surface area contributed by atoms with E-state index in [4.69, 9.17) is 4.74 Å². The molecule has 0 radical (unpaired) electrons. The summed E-state index contributed by atoms with van der Waals surface area (Å²) >= 11 is 2.18. The molecule has 2 aromatic carbocycles. The van der Waals surface area contributed by atoms with Crippen molar-refractivity contribution in [1.82, 2.24) is 0 Å². The molecule has 1 aliphatic rings. The van der Waals surface area contributed by atoms with E-state index in [1.807, 2.05) is 62.4 Å². The molecule has 1 unspecified atom stereocenters. The Labute approximate surface area is 166 Å². The van der Waals surface area contributed by atoms with E-state index in [2.05, 4.69) is 27.9 Å². The van der Waals surface area contributed by atoms with Gasteiger partial charge in [0, 0.05) is 22.2 Å². The zero-order valence-corrected chi connectivity index (χ0v) is 16.9. The summed E-state index contributed by atoms with van der Waals surface area (Å²) < 4.78 is 6.60. The van der Waals surface area contributed by atoms with Gasteiger partial charge in [0.05, 0.1) is 17.7 Å². The molecule has 1 aliphatic heterocycles. The Hall–Kier alpha value is -2.09. The minimum atomic E-state index is -0.356. The van der Waals surface area contributed by atoms with Gasteiger partial charge in [0.25, 0.3) is 0 Å². The fourth-order valence-corrected chi connectivity index (χ4v) is 3.43. The van der Waals surface area contributed by atoms with Crippen molar-refractivity contribution >= 4 is 45.8 Å². The normalized spacial score (nSPS) is 16.8. The minimum Gasteiger partial charge on any atom is -0.491 e. The SMILES string of the molecule is CC(C)Oc1ccc(N2CC(C(=O)Nc3ccccc3I)CC2=O)cc1. The molecule has 1 atom stereocenters. The summed E-state index contributed by atoms with van der Waals surface area (Å²) in [5.41, 5.74) is 1.56. The number of amides is 2. The third-order valence-electron chi connectivity index (χ3n) is 4.15. The second kappa shape index (κ2) is 8.07. The van der Waals surface area contributed by atoms with Crippen LogP contribution in [0.15, 0.2) is 48.5 Å². The van der Waals surface area contributed by atoms with E-state index in [9.17, 15) is 9.59 Å². The minimum absolute atomic E-state index is 0.0366. The van der Waals surface area contributed by atoms with Crippen LogP contribution in [0.4, 0.5) is 11.4 Å². The summed E-state index contributed by atoms with van der Waals surface area (Å²) in [5, 5.41) is 2.93. The number of benzene rings is 2. The highest BCUT2D eigenvalue weighted by Crippen LogP contribution is 2.28. The number of anilines is 2. The van der Waals surface area contributed by atoms with Crippen molar-refractivity contribution in [3.63, 3.8) is 0 Å². The van der Waals surface area contributed by atoms with Crippen molar-refractivity contribution in [1.29, 1.82) is 0 Å². The van der Waals surface area contributed by atoms with Gasteiger partial charge < -0.3 is 15.0 Å². The first-order valence-electron chi connectivity index (χ1n) is 8.56. The Balaban J connectivity index is 1.66. The number of ether oxygens (including phenoxy) is 1. The van der Waals surface area contributed by atoms with E-state index in [1.165, 1.54) is 0 Å². The molecule has 2 amide bonds. The van der Waals surface area contributed by atoms with Crippen molar-refractivity contribution < 1.29 is 14.3 Å². The number of nitrogens with zero attached hydrogens (tertiary/aromatic N) is 1. The molecular formula is C20H21IN2O3. The highest BCUT2D eigenvalue weighted by Gasteiger charge is 2.35. The maximum Gasteiger partial charge on any atom is 0.229 e. The largest absolute Gasteiger partial charge is 0.491 e. The predicted molar refractivity (Wildman–Crippen MR) is 110 cm³/mol. The van der Waals surface area contributed by atoms with Crippen LogP contribution in [0.3, 0.4) is 0 Å². The maximum absolute atomic E-state index is 12.6. The lowest BCUT2D eigenvalue weighted by atomic mass is 10.1. The number of hydrogen-bond donors (Lipinski definition) is 1. The number of rotatable bonds is 5. The van der Waals surface area contributed by atoms with Gasteiger partial charge in [0.1, 0.15) is 5.75 Å². The first-order chi connectivity index (χ1) is 12.4. The Morgan fingerprint density at radius 3 is 2.54 bits per heavy atom. The zero-order valence-electron chi connectivity index (χ0n) is 14.7. The number of hydrogen-bond acceptors (Lipinski definition) is 3. The van der Waals surface area contributed by atoms with Crippen LogP contribution < -0.4 is 15.0 Å². The van der Waals surface area contributed by atoms with Crippen molar-refractivity contribution in [2.45, 2.75) is 26.4 Å². The molecule has 0 saturated carbocycles. The fourth-order valence-electron chi connectivity index (χ4n) is 2.91. The van der Waals surface area contributed by atoms with E-state index in [-0.39, 0.29) is 30.3 Å². The Morgan fingerprint density at radius 2 is 1.88 bits per heavy atom. The molecule has 1 fully saturated rings. The third kappa shape index (κ3) is 4.35. The summed E-state index contributed by atoms with van der Waals surface area (Å²) in [6.07, 6.45) is 0.322. The van der Waals surface area contributed by atoms with Crippen molar-refractivity contribution in [2.75, 3.05) is 16.8 Å². The molecule has 1 saturated heterocycles. The van der Waals surface area contributed by atoms with Crippen LogP contribution in [0.1, 0.15) is 20.3 Å². The number of carbonyl (C=O) groups excluding carboxylic acids is 2. The summed E-state index contributed by atoms with van der Waals surface area (Å²) in [6.45, 7) is 4.32. The highest BCUT2D eigenvalue weighted by atomic mass is 127. The molecule has 0 aromatic heterocycles. The van der Waals surface area contributed by atoms with Crippen molar-refractivity contribution in [3.8, 4) is 5.75 Å². The summed E-state index contributed by atoms with van der Waals surface area (Å²) in [4.78, 5) is 26.6. The first kappa shape index (κ1) is 18.7. The van der Waals surface area contributed by atoms with Crippen LogP contribution >= 0.6 is 22.6 Å². The molecule has 1 heterocycles. The predicted octanol–water partition coefficient (Wildman–Crippen LogP) is 4.07. The molecule has 26 heavy (non-hydrogen) atoms. The van der Waals surface area contributed by atoms with E-state index in [1.54, 1.807) is 4.90 Å². The van der Waals surface area contributed by atoms with Gasteiger partial charge in [-0.05, 0) is 72.8 Å². The quantitative estimate of drug-likeness (QED) is 0.679. The van der Waals surface area contributed by atoms with Crippen molar-refractivity contribution in [2.24, 2.45) is 5.92 Å². The number of nitrogens with one attached hydrogen (secondary N) is 1. The van der Waals surface area contributed by atoms with Crippen LogP contribution in [0, 0.1) is 9.49 Å². The highest BCUT2D eigenvalue weighted by molar-refractivity contribution is 14.1. The van der Waals surface area contributed by atoms with Gasteiger partial charge in [0.15, 0.2) is 0 Å². The molecule has 2 aromatic rings. The Kier molecular flexibility index (Phi) is 5.80. The Morgan fingerprint density at radius 1 is 1.19 bits per heavy atom. The summed E-state index contributed by atoms with van der Waals surface area (Å²) in [5.74, 6) is 0.253. The second-order valence-corrected chi connectivity index (χ2v) is 7.70. The molecule has 6 heteroatoms. The molecule has 5 nitrogen and oxygen atoms in total. The standard InChI is InChI=1S/C20H21IN2O3/c1-13(2)26-16-9-7-15(8-10-16)23-12-14(11-19(23)24)20(25)22-18-6-4-3-5-17(18)21/h3-10,13-14H,11-12H2,1-2H3,(H,22,25). The molecule has 136 valence electrons. The van der Waals surface area contributed by atoms with Gasteiger partial charge in [-0.2, -0.15) is 0 Å². The van der Waals surface area contributed by atoms with Gasteiger partial charge in [-0.1, -0.05) is 12.1 Å². The second-order valence-electron chi connectivity index (χ2n) is 6.53. The van der Waals surface area contributed by atoms with E-state index in [0.29, 0.717) is 6.54 Å². The molecule has 0 aliphatic carbocycles. The number of para-hydroxylation sites is 1. The third-order valence-corrected chi connectivity index (χ3v) is 5.09. The molecular weight excluding hydrogens is 443 g/mol. The molecule has 1 N–H and O–H groups in total. The average Bonchev–Trinajstić information content (AvgIpc) is 2.99. The van der Waals surface area contributed by atoms with Crippen LogP contribution in [0.5, 0.6) is 5.75 Å². The maximum atomic E-state index is 12.6. The zero-order chi connectivity index (χ0) is 18.7. The summed E-state index contributed by atoms with van der Waals surface area (Å²) in [6, 6.07) is 15.0. The lowest BCUT2D eigenvalue weighted by molar-refractivity contribution is -0.122. The molecule has 3 rings (SSSR count). The van der Waals surface area contributed by atoms with E-state index >= 15 is 0 Å². The molecule has 0 spiro atoms. The average molecular weight is 464 g/mol.